The zero-order chi connectivity index (χ0) is 14.1. The molecule has 0 unspecified atom stereocenters. The maximum Gasteiger partial charge on any atom is 0.278 e. The van der Waals surface area contributed by atoms with Gasteiger partial charge in [-0.1, -0.05) is 12.1 Å². The van der Waals surface area contributed by atoms with E-state index in [1.54, 1.807) is 12.1 Å². The van der Waals surface area contributed by atoms with Crippen molar-refractivity contribution in [1.82, 2.24) is 4.98 Å². The van der Waals surface area contributed by atoms with E-state index in [9.17, 15) is 15.2 Å². The highest BCUT2D eigenvalue weighted by Crippen LogP contribution is 2.37. The highest BCUT2D eigenvalue weighted by Gasteiger charge is 2.18. The van der Waals surface area contributed by atoms with Crippen molar-refractivity contribution in [3.05, 3.63) is 51.2 Å². The average Bonchev–Trinajstić information content (AvgIpc) is 3.09. The van der Waals surface area contributed by atoms with Crippen LogP contribution in [0.1, 0.15) is 0 Å². The molecule has 7 heteroatoms. The summed E-state index contributed by atoms with van der Waals surface area (Å²) in [6.45, 7) is 0. The minimum atomic E-state index is -0.397. The van der Waals surface area contributed by atoms with Gasteiger partial charge in [0, 0.05) is 16.5 Å². The number of nitro benzene ring substituents is 1. The van der Waals surface area contributed by atoms with Crippen molar-refractivity contribution in [2.24, 2.45) is 0 Å². The second kappa shape index (κ2) is 5.03. The largest absolute Gasteiger partial charge is 0.493 e. The van der Waals surface area contributed by atoms with Crippen molar-refractivity contribution in [1.29, 1.82) is 0 Å². The van der Waals surface area contributed by atoms with Crippen molar-refractivity contribution in [3.8, 4) is 26.9 Å². The van der Waals surface area contributed by atoms with Gasteiger partial charge in [-0.15, -0.1) is 22.7 Å². The molecule has 1 aromatic carbocycles. The smallest absolute Gasteiger partial charge is 0.278 e. The van der Waals surface area contributed by atoms with E-state index in [0.717, 1.165) is 4.88 Å². The Morgan fingerprint density at radius 2 is 2.10 bits per heavy atom. The van der Waals surface area contributed by atoms with Crippen LogP contribution in [0, 0.1) is 10.1 Å². The number of rotatable bonds is 3. The molecule has 0 saturated carbocycles. The Morgan fingerprint density at radius 1 is 1.25 bits per heavy atom. The van der Waals surface area contributed by atoms with Crippen LogP contribution in [0.4, 0.5) is 5.69 Å². The first-order valence-electron chi connectivity index (χ1n) is 5.62. The van der Waals surface area contributed by atoms with Crippen LogP contribution >= 0.6 is 22.7 Å². The van der Waals surface area contributed by atoms with Gasteiger partial charge in [0.2, 0.25) is 5.88 Å². The number of thiazole rings is 1. The molecule has 0 amide bonds. The number of nitro groups is 1. The van der Waals surface area contributed by atoms with Crippen LogP contribution in [-0.4, -0.2) is 15.0 Å². The van der Waals surface area contributed by atoms with Gasteiger partial charge in [-0.25, -0.2) is 4.98 Å². The van der Waals surface area contributed by atoms with Gasteiger partial charge in [-0.3, -0.25) is 10.1 Å². The van der Waals surface area contributed by atoms with Crippen LogP contribution in [0.3, 0.4) is 0 Å². The quantitative estimate of drug-likeness (QED) is 0.582. The van der Waals surface area contributed by atoms with E-state index >= 15 is 0 Å². The van der Waals surface area contributed by atoms with E-state index in [1.165, 1.54) is 34.1 Å². The highest BCUT2D eigenvalue weighted by molar-refractivity contribution is 7.13. The number of aromatic hydroxyl groups is 1. The van der Waals surface area contributed by atoms with Crippen molar-refractivity contribution >= 4 is 28.4 Å². The SMILES string of the molecule is O=[N+]([O-])c1cc(-c2nc(O)cs2)ccc1-c1cccs1. The molecule has 0 atom stereocenters. The van der Waals surface area contributed by atoms with E-state index in [2.05, 4.69) is 4.98 Å². The molecule has 100 valence electrons. The molecule has 2 aromatic heterocycles. The molecule has 0 aliphatic carbocycles. The maximum absolute atomic E-state index is 11.2. The van der Waals surface area contributed by atoms with Crippen LogP contribution < -0.4 is 0 Å². The molecular weight excluding hydrogens is 296 g/mol. The van der Waals surface area contributed by atoms with Crippen LogP contribution in [0.5, 0.6) is 5.88 Å². The molecule has 20 heavy (non-hydrogen) atoms. The molecule has 0 saturated heterocycles. The Labute approximate surface area is 121 Å². The summed E-state index contributed by atoms with van der Waals surface area (Å²) in [7, 11) is 0. The lowest BCUT2D eigenvalue weighted by atomic mass is 10.1. The number of nitrogens with zero attached hydrogens (tertiary/aromatic N) is 2. The molecular formula is C13H8N2O3S2. The number of thiophene rings is 1. The number of aromatic nitrogens is 1. The van der Waals surface area contributed by atoms with Gasteiger partial charge in [0.1, 0.15) is 5.01 Å². The molecule has 0 bridgehead atoms. The lowest BCUT2D eigenvalue weighted by Gasteiger charge is -2.02. The first-order valence-corrected chi connectivity index (χ1v) is 7.38. The monoisotopic (exact) mass is 304 g/mol. The fourth-order valence-electron chi connectivity index (χ4n) is 1.85. The molecule has 5 nitrogen and oxygen atoms in total. The van der Waals surface area contributed by atoms with E-state index in [-0.39, 0.29) is 11.6 Å². The summed E-state index contributed by atoms with van der Waals surface area (Å²) in [6.07, 6.45) is 0. The molecule has 0 aliphatic rings. The van der Waals surface area contributed by atoms with Crippen molar-refractivity contribution in [2.45, 2.75) is 0 Å². The van der Waals surface area contributed by atoms with Gasteiger partial charge in [0.25, 0.3) is 5.69 Å². The van der Waals surface area contributed by atoms with Crippen LogP contribution in [-0.2, 0) is 0 Å². The summed E-state index contributed by atoms with van der Waals surface area (Å²) < 4.78 is 0. The zero-order valence-corrected chi connectivity index (χ0v) is 11.6. The second-order valence-electron chi connectivity index (χ2n) is 3.98. The average molecular weight is 304 g/mol. The topological polar surface area (TPSA) is 76.3 Å². The number of hydrogen-bond acceptors (Lipinski definition) is 6. The summed E-state index contributed by atoms with van der Waals surface area (Å²) in [5.74, 6) is -0.0741. The maximum atomic E-state index is 11.2. The third-order valence-electron chi connectivity index (χ3n) is 2.72. The highest BCUT2D eigenvalue weighted by atomic mass is 32.1. The minimum Gasteiger partial charge on any atom is -0.493 e. The Balaban J connectivity index is 2.13. The zero-order valence-electron chi connectivity index (χ0n) is 10.0. The van der Waals surface area contributed by atoms with Gasteiger partial charge in [-0.05, 0) is 17.5 Å². The summed E-state index contributed by atoms with van der Waals surface area (Å²) in [6, 6.07) is 8.70. The third-order valence-corrected chi connectivity index (χ3v) is 4.50. The van der Waals surface area contributed by atoms with Crippen LogP contribution in [0.2, 0.25) is 0 Å². The van der Waals surface area contributed by atoms with Crippen LogP contribution in [0.25, 0.3) is 21.0 Å². The molecule has 3 rings (SSSR count). The number of hydrogen-bond donors (Lipinski definition) is 1. The Bertz CT molecular complexity index is 766. The van der Waals surface area contributed by atoms with Crippen molar-refractivity contribution < 1.29 is 10.0 Å². The Morgan fingerprint density at radius 3 is 2.70 bits per heavy atom. The van der Waals surface area contributed by atoms with Gasteiger partial charge >= 0.3 is 0 Å². The molecule has 0 spiro atoms. The summed E-state index contributed by atoms with van der Waals surface area (Å²) >= 11 is 2.70. The first-order chi connectivity index (χ1) is 9.65. The molecule has 0 aliphatic heterocycles. The molecule has 1 N–H and O–H groups in total. The van der Waals surface area contributed by atoms with Gasteiger partial charge in [0.05, 0.1) is 15.9 Å². The normalized spacial score (nSPS) is 10.6. The van der Waals surface area contributed by atoms with Gasteiger partial charge in [-0.2, -0.15) is 0 Å². The Kier molecular flexibility index (Phi) is 3.21. The molecule has 0 fully saturated rings. The summed E-state index contributed by atoms with van der Waals surface area (Å²) in [5, 5.41) is 24.4. The predicted octanol–water partition coefficient (Wildman–Crippen LogP) is 4.15. The predicted molar refractivity (Wildman–Crippen MR) is 79.2 cm³/mol. The van der Waals surface area contributed by atoms with Crippen molar-refractivity contribution in [2.75, 3.05) is 0 Å². The lowest BCUT2D eigenvalue weighted by molar-refractivity contribution is -0.384. The second-order valence-corrected chi connectivity index (χ2v) is 5.78. The lowest BCUT2D eigenvalue weighted by Crippen LogP contribution is -1.92. The summed E-state index contributed by atoms with van der Waals surface area (Å²) in [4.78, 5) is 15.6. The molecule has 2 heterocycles. The first kappa shape index (κ1) is 12.8. The van der Waals surface area contributed by atoms with Crippen LogP contribution in [0.15, 0.2) is 41.1 Å². The number of benzene rings is 1. The molecule has 0 radical (unpaired) electrons. The Hall–Kier alpha value is -2.25. The fourth-order valence-corrected chi connectivity index (χ4v) is 3.29. The van der Waals surface area contributed by atoms with E-state index in [4.69, 9.17) is 0 Å². The van der Waals surface area contributed by atoms with E-state index < -0.39 is 4.92 Å². The summed E-state index contributed by atoms with van der Waals surface area (Å²) in [5.41, 5.74) is 1.26. The van der Waals surface area contributed by atoms with Gasteiger partial charge in [0.15, 0.2) is 0 Å². The standard InChI is InChI=1S/C13H8N2O3S2/c16-12-7-20-13(14-12)8-3-4-9(10(6-8)15(17)18)11-2-1-5-19-11/h1-7,16H. The minimum absolute atomic E-state index is 0.0413. The van der Waals surface area contributed by atoms with E-state index in [0.29, 0.717) is 16.1 Å². The third kappa shape index (κ3) is 2.28. The molecule has 3 aromatic rings. The van der Waals surface area contributed by atoms with Crippen molar-refractivity contribution in [3.63, 3.8) is 0 Å². The fraction of sp³-hybridized carbons (Fsp3) is 0. The van der Waals surface area contributed by atoms with E-state index in [1.807, 2.05) is 17.5 Å². The van der Waals surface area contributed by atoms with Gasteiger partial charge < -0.3 is 5.11 Å².